The van der Waals surface area contributed by atoms with Crippen LogP contribution in [0.5, 0.6) is 0 Å². The van der Waals surface area contributed by atoms with Gasteiger partial charge in [-0.25, -0.2) is 4.79 Å². The maximum absolute atomic E-state index is 13.3. The Morgan fingerprint density at radius 1 is 1.06 bits per heavy atom. The Morgan fingerprint density at radius 3 is 2.25 bits per heavy atom. The number of carbonyl (C=O) groups excluding carboxylic acids is 2. The fourth-order valence-electron chi connectivity index (χ4n) is 4.67. The predicted molar refractivity (Wildman–Crippen MR) is 116 cm³/mol. The summed E-state index contributed by atoms with van der Waals surface area (Å²) in [6.45, 7) is 2.64. The Hall–Kier alpha value is -2.94. The van der Waals surface area contributed by atoms with Gasteiger partial charge in [0.05, 0.1) is 11.8 Å². The third-order valence-corrected chi connectivity index (χ3v) is 6.63. The van der Waals surface area contributed by atoms with Gasteiger partial charge in [0.1, 0.15) is 6.04 Å². The molecule has 32 heavy (non-hydrogen) atoms. The zero-order valence-electron chi connectivity index (χ0n) is 18.1. The zero-order chi connectivity index (χ0) is 23.1. The lowest BCUT2D eigenvalue weighted by Crippen LogP contribution is -2.56. The minimum absolute atomic E-state index is 0.0910. The highest BCUT2D eigenvalue weighted by atomic mass is 16.4. The van der Waals surface area contributed by atoms with Crippen LogP contribution in [0.4, 0.5) is 0 Å². The average molecular weight is 446 g/mol. The number of rotatable bonds is 8. The zero-order valence-corrected chi connectivity index (χ0v) is 18.1. The summed E-state index contributed by atoms with van der Waals surface area (Å²) in [7, 11) is 0. The standard InChI is InChI=1S/C23H31N3O6/c27-19(14-16-6-10-24-11-7-16)26-12-8-23(9-13-26,17-4-2-1-3-5-17)22(32)25-18(21(30)31)15-20(28)29/h1-5,16,18,24H,6-15H2,(H,25,32)(H,28,29)(H,30,31)/t18-/m0/s1. The van der Waals surface area contributed by atoms with Gasteiger partial charge in [-0.2, -0.15) is 0 Å². The SMILES string of the molecule is O=C(O)C[C@H](NC(=O)C1(c2ccccc2)CCN(C(=O)CC2CCNCC2)CC1)C(=O)O. The fourth-order valence-corrected chi connectivity index (χ4v) is 4.67. The molecule has 2 fully saturated rings. The van der Waals surface area contributed by atoms with Gasteiger partial charge >= 0.3 is 11.9 Å². The molecule has 2 amide bonds. The van der Waals surface area contributed by atoms with E-state index in [0.29, 0.717) is 38.3 Å². The lowest BCUT2D eigenvalue weighted by Gasteiger charge is -2.42. The highest BCUT2D eigenvalue weighted by Crippen LogP contribution is 2.36. The van der Waals surface area contributed by atoms with E-state index < -0.39 is 35.7 Å². The molecule has 9 nitrogen and oxygen atoms in total. The minimum atomic E-state index is -1.51. The fraction of sp³-hybridized carbons (Fsp3) is 0.565. The Kier molecular flexibility index (Phi) is 7.84. The number of nitrogens with zero attached hydrogens (tertiary/aromatic N) is 1. The number of amides is 2. The first-order valence-corrected chi connectivity index (χ1v) is 11.1. The molecule has 0 saturated carbocycles. The summed E-state index contributed by atoms with van der Waals surface area (Å²) in [6, 6.07) is 7.57. The molecule has 0 bridgehead atoms. The van der Waals surface area contributed by atoms with Crippen molar-refractivity contribution in [2.24, 2.45) is 5.92 Å². The highest BCUT2D eigenvalue weighted by Gasteiger charge is 2.45. The number of aliphatic carboxylic acids is 2. The summed E-state index contributed by atoms with van der Waals surface area (Å²) in [5, 5.41) is 24.1. The van der Waals surface area contributed by atoms with Crippen molar-refractivity contribution in [2.75, 3.05) is 26.2 Å². The summed E-state index contributed by atoms with van der Waals surface area (Å²) in [5.74, 6) is -2.74. The monoisotopic (exact) mass is 445 g/mol. The van der Waals surface area contributed by atoms with E-state index in [1.165, 1.54) is 0 Å². The molecule has 0 spiro atoms. The minimum Gasteiger partial charge on any atom is -0.481 e. The average Bonchev–Trinajstić information content (AvgIpc) is 2.79. The highest BCUT2D eigenvalue weighted by molar-refractivity contribution is 5.93. The number of carbonyl (C=O) groups is 4. The van der Waals surface area contributed by atoms with E-state index in [-0.39, 0.29) is 5.91 Å². The van der Waals surface area contributed by atoms with Crippen LogP contribution in [0.1, 0.15) is 44.1 Å². The molecule has 4 N–H and O–H groups in total. The van der Waals surface area contributed by atoms with Crippen molar-refractivity contribution < 1.29 is 29.4 Å². The third-order valence-electron chi connectivity index (χ3n) is 6.63. The van der Waals surface area contributed by atoms with Crippen LogP contribution in [-0.2, 0) is 24.6 Å². The molecule has 0 unspecified atom stereocenters. The van der Waals surface area contributed by atoms with Crippen molar-refractivity contribution >= 4 is 23.8 Å². The van der Waals surface area contributed by atoms with Crippen LogP contribution in [0.2, 0.25) is 0 Å². The number of piperidine rings is 2. The van der Waals surface area contributed by atoms with Crippen LogP contribution in [0.3, 0.4) is 0 Å². The summed E-state index contributed by atoms with van der Waals surface area (Å²) in [5.41, 5.74) is -0.277. The van der Waals surface area contributed by atoms with Gasteiger partial charge in [0.2, 0.25) is 11.8 Å². The van der Waals surface area contributed by atoms with E-state index in [2.05, 4.69) is 10.6 Å². The van der Waals surface area contributed by atoms with Gasteiger partial charge in [-0.05, 0) is 50.3 Å². The van der Waals surface area contributed by atoms with Crippen LogP contribution in [0.15, 0.2) is 30.3 Å². The number of hydrogen-bond acceptors (Lipinski definition) is 5. The molecule has 0 aliphatic carbocycles. The van der Waals surface area contributed by atoms with E-state index in [1.807, 2.05) is 30.3 Å². The second-order valence-electron chi connectivity index (χ2n) is 8.69. The molecule has 2 aliphatic heterocycles. The maximum atomic E-state index is 13.3. The molecular weight excluding hydrogens is 414 g/mol. The Bertz CT molecular complexity index is 829. The van der Waals surface area contributed by atoms with Crippen molar-refractivity contribution in [1.29, 1.82) is 0 Å². The van der Waals surface area contributed by atoms with Gasteiger partial charge < -0.3 is 25.7 Å². The first kappa shape index (κ1) is 23.7. The maximum Gasteiger partial charge on any atom is 0.326 e. The van der Waals surface area contributed by atoms with Crippen molar-refractivity contribution in [3.63, 3.8) is 0 Å². The van der Waals surface area contributed by atoms with E-state index in [4.69, 9.17) is 5.11 Å². The predicted octanol–water partition coefficient (Wildman–Crippen LogP) is 0.981. The van der Waals surface area contributed by atoms with E-state index in [1.54, 1.807) is 4.90 Å². The van der Waals surface area contributed by atoms with Crippen molar-refractivity contribution in [3.05, 3.63) is 35.9 Å². The molecule has 1 atom stereocenters. The van der Waals surface area contributed by atoms with E-state index in [9.17, 15) is 24.3 Å². The van der Waals surface area contributed by atoms with Crippen molar-refractivity contribution in [2.45, 2.75) is 50.0 Å². The van der Waals surface area contributed by atoms with Gasteiger partial charge in [0.25, 0.3) is 0 Å². The second kappa shape index (κ2) is 10.6. The second-order valence-corrected chi connectivity index (χ2v) is 8.69. The van der Waals surface area contributed by atoms with Crippen LogP contribution in [0, 0.1) is 5.92 Å². The summed E-state index contributed by atoms with van der Waals surface area (Å²) in [6.07, 6.45) is 2.46. The summed E-state index contributed by atoms with van der Waals surface area (Å²) >= 11 is 0. The van der Waals surface area contributed by atoms with Crippen LogP contribution in [-0.4, -0.2) is 71.1 Å². The molecule has 174 valence electrons. The van der Waals surface area contributed by atoms with Crippen LogP contribution >= 0.6 is 0 Å². The third kappa shape index (κ3) is 5.64. The molecule has 2 heterocycles. The molecule has 2 aliphatic rings. The molecule has 1 aromatic rings. The number of hydrogen-bond donors (Lipinski definition) is 4. The number of carboxylic acids is 2. The number of nitrogens with one attached hydrogen (secondary N) is 2. The van der Waals surface area contributed by atoms with Gasteiger partial charge in [-0.3, -0.25) is 14.4 Å². The Balaban J connectivity index is 1.73. The summed E-state index contributed by atoms with van der Waals surface area (Å²) < 4.78 is 0. The summed E-state index contributed by atoms with van der Waals surface area (Å²) in [4.78, 5) is 50.5. The van der Waals surface area contributed by atoms with Gasteiger partial charge in [-0.1, -0.05) is 30.3 Å². The largest absolute Gasteiger partial charge is 0.481 e. The normalized spacial score (nSPS) is 19.7. The molecule has 2 saturated heterocycles. The number of benzene rings is 1. The lowest BCUT2D eigenvalue weighted by atomic mass is 9.71. The molecule has 0 aromatic heterocycles. The van der Waals surface area contributed by atoms with Crippen molar-refractivity contribution in [3.8, 4) is 0 Å². The number of likely N-dealkylation sites (tertiary alicyclic amines) is 1. The van der Waals surface area contributed by atoms with Gasteiger partial charge in [0.15, 0.2) is 0 Å². The number of carboxylic acid groups (broad SMARTS) is 2. The molecule has 3 rings (SSSR count). The molecule has 1 aromatic carbocycles. The molecule has 9 heteroatoms. The van der Waals surface area contributed by atoms with Crippen LogP contribution in [0.25, 0.3) is 0 Å². The lowest BCUT2D eigenvalue weighted by molar-refractivity contribution is -0.148. The first-order valence-electron chi connectivity index (χ1n) is 11.1. The van der Waals surface area contributed by atoms with E-state index in [0.717, 1.165) is 31.5 Å². The first-order chi connectivity index (χ1) is 15.3. The van der Waals surface area contributed by atoms with E-state index >= 15 is 0 Å². The molecular formula is C23H31N3O6. The van der Waals surface area contributed by atoms with Crippen molar-refractivity contribution in [1.82, 2.24) is 15.5 Å². The molecule has 0 radical (unpaired) electrons. The Morgan fingerprint density at radius 2 is 1.69 bits per heavy atom. The topological polar surface area (TPSA) is 136 Å². The van der Waals surface area contributed by atoms with Gasteiger partial charge in [0, 0.05) is 19.5 Å². The van der Waals surface area contributed by atoms with Gasteiger partial charge in [-0.15, -0.1) is 0 Å². The smallest absolute Gasteiger partial charge is 0.326 e. The quantitative estimate of drug-likeness (QED) is 0.468. The van der Waals surface area contributed by atoms with Crippen LogP contribution < -0.4 is 10.6 Å². The Labute approximate surface area is 187 Å².